The second-order valence-corrected chi connectivity index (χ2v) is 7.06. The van der Waals surface area contributed by atoms with Gasteiger partial charge in [0.25, 0.3) is 0 Å². The molecule has 0 radical (unpaired) electrons. The van der Waals surface area contributed by atoms with Crippen molar-refractivity contribution in [3.8, 4) is 5.69 Å². The van der Waals surface area contributed by atoms with Crippen LogP contribution in [0.2, 0.25) is 5.02 Å². The maximum absolute atomic E-state index is 11.8. The van der Waals surface area contributed by atoms with Crippen LogP contribution in [0.1, 0.15) is 39.1 Å². The lowest BCUT2D eigenvalue weighted by molar-refractivity contribution is 0.127. The number of benzene rings is 1. The van der Waals surface area contributed by atoms with Crippen LogP contribution in [0, 0.1) is 0 Å². The SMILES string of the molecule is CC(C)NC(=O)OCc1nnn(-c2ccc(Cl)cc2)c1COC(=O)NC(C)C. The van der Waals surface area contributed by atoms with Crippen molar-refractivity contribution >= 4 is 23.8 Å². The Morgan fingerprint density at radius 1 is 1.00 bits per heavy atom. The molecule has 0 saturated carbocycles. The smallest absolute Gasteiger partial charge is 0.407 e. The summed E-state index contributed by atoms with van der Waals surface area (Å²) in [6.07, 6.45) is -1.14. The quantitative estimate of drug-likeness (QED) is 0.727. The molecule has 1 aromatic carbocycles. The van der Waals surface area contributed by atoms with E-state index >= 15 is 0 Å². The van der Waals surface area contributed by atoms with Gasteiger partial charge in [0.05, 0.1) is 5.69 Å². The van der Waals surface area contributed by atoms with Gasteiger partial charge in [-0.25, -0.2) is 14.3 Å². The minimum Gasteiger partial charge on any atom is -0.443 e. The van der Waals surface area contributed by atoms with Crippen LogP contribution in [0.3, 0.4) is 0 Å². The van der Waals surface area contributed by atoms with Crippen molar-refractivity contribution in [1.29, 1.82) is 0 Å². The molecule has 0 aliphatic carbocycles. The fraction of sp³-hybridized carbons (Fsp3) is 0.444. The lowest BCUT2D eigenvalue weighted by Gasteiger charge is -2.12. The predicted molar refractivity (Wildman–Crippen MR) is 103 cm³/mol. The van der Waals surface area contributed by atoms with Crippen LogP contribution in [0.25, 0.3) is 5.69 Å². The van der Waals surface area contributed by atoms with Gasteiger partial charge < -0.3 is 20.1 Å². The van der Waals surface area contributed by atoms with Crippen LogP contribution in [-0.4, -0.2) is 39.3 Å². The van der Waals surface area contributed by atoms with E-state index in [-0.39, 0.29) is 25.3 Å². The number of aromatic nitrogens is 3. The fourth-order valence-electron chi connectivity index (χ4n) is 2.20. The van der Waals surface area contributed by atoms with Crippen molar-refractivity contribution < 1.29 is 19.1 Å². The normalized spacial score (nSPS) is 10.8. The molecular weight excluding hydrogens is 386 g/mol. The molecule has 2 aromatic rings. The monoisotopic (exact) mass is 409 g/mol. The van der Waals surface area contributed by atoms with Gasteiger partial charge in [0.15, 0.2) is 0 Å². The van der Waals surface area contributed by atoms with Crippen LogP contribution < -0.4 is 10.6 Å². The molecule has 1 aromatic heterocycles. The summed E-state index contributed by atoms with van der Waals surface area (Å²) in [7, 11) is 0. The first-order chi connectivity index (χ1) is 13.3. The van der Waals surface area contributed by atoms with E-state index < -0.39 is 12.2 Å². The number of ether oxygens (including phenoxy) is 2. The van der Waals surface area contributed by atoms with E-state index in [2.05, 4.69) is 20.9 Å². The first-order valence-electron chi connectivity index (χ1n) is 8.82. The number of amides is 2. The third kappa shape index (κ3) is 6.41. The van der Waals surface area contributed by atoms with Gasteiger partial charge in [-0.2, -0.15) is 0 Å². The van der Waals surface area contributed by atoms with E-state index in [1.165, 1.54) is 4.68 Å². The van der Waals surface area contributed by atoms with Crippen LogP contribution in [0.4, 0.5) is 9.59 Å². The molecule has 1 heterocycles. The first kappa shape index (κ1) is 21.5. The van der Waals surface area contributed by atoms with E-state index in [0.717, 1.165) is 0 Å². The summed E-state index contributed by atoms with van der Waals surface area (Å²) in [5, 5.41) is 14.0. The zero-order chi connectivity index (χ0) is 20.7. The van der Waals surface area contributed by atoms with Crippen molar-refractivity contribution in [2.45, 2.75) is 53.0 Å². The Bertz CT molecular complexity index is 805. The highest BCUT2D eigenvalue weighted by Gasteiger charge is 2.18. The Balaban J connectivity index is 2.20. The van der Waals surface area contributed by atoms with E-state index in [1.807, 2.05) is 27.7 Å². The topological polar surface area (TPSA) is 107 Å². The van der Waals surface area contributed by atoms with Crippen molar-refractivity contribution in [1.82, 2.24) is 25.6 Å². The van der Waals surface area contributed by atoms with Gasteiger partial charge in [0.2, 0.25) is 0 Å². The van der Waals surface area contributed by atoms with Gasteiger partial charge in [-0.3, -0.25) is 0 Å². The van der Waals surface area contributed by atoms with Crippen molar-refractivity contribution in [3.63, 3.8) is 0 Å². The van der Waals surface area contributed by atoms with Crippen LogP contribution in [-0.2, 0) is 22.7 Å². The van der Waals surface area contributed by atoms with E-state index in [4.69, 9.17) is 21.1 Å². The molecule has 152 valence electrons. The lowest BCUT2D eigenvalue weighted by Crippen LogP contribution is -2.31. The highest BCUT2D eigenvalue weighted by atomic mass is 35.5. The number of alkyl carbamates (subject to hydrolysis) is 2. The first-order valence-corrected chi connectivity index (χ1v) is 9.20. The maximum atomic E-state index is 11.8. The summed E-state index contributed by atoms with van der Waals surface area (Å²) in [5.41, 5.74) is 1.54. The van der Waals surface area contributed by atoms with E-state index in [9.17, 15) is 9.59 Å². The molecule has 2 rings (SSSR count). The Hall–Kier alpha value is -2.81. The molecule has 0 bridgehead atoms. The average Bonchev–Trinajstić information content (AvgIpc) is 3.00. The number of hydrogen-bond donors (Lipinski definition) is 2. The van der Waals surface area contributed by atoms with Gasteiger partial charge >= 0.3 is 12.2 Å². The number of carbonyl (C=O) groups excluding carboxylic acids is 2. The molecule has 2 amide bonds. The molecule has 0 spiro atoms. The molecule has 0 saturated heterocycles. The van der Waals surface area contributed by atoms with Gasteiger partial charge in [0.1, 0.15) is 24.6 Å². The Kier molecular flexibility index (Phi) is 7.62. The highest BCUT2D eigenvalue weighted by Crippen LogP contribution is 2.18. The molecule has 10 heteroatoms. The summed E-state index contributed by atoms with van der Waals surface area (Å²) in [4.78, 5) is 23.6. The van der Waals surface area contributed by atoms with Crippen LogP contribution >= 0.6 is 11.6 Å². The van der Waals surface area contributed by atoms with E-state index in [0.29, 0.717) is 22.1 Å². The molecule has 0 aliphatic rings. The summed E-state index contributed by atoms with van der Waals surface area (Å²) in [6, 6.07) is 6.81. The second-order valence-electron chi connectivity index (χ2n) is 6.62. The number of halogens is 1. The lowest BCUT2D eigenvalue weighted by atomic mass is 10.3. The van der Waals surface area contributed by atoms with Gasteiger partial charge in [-0.1, -0.05) is 16.8 Å². The number of hydrogen-bond acceptors (Lipinski definition) is 6. The highest BCUT2D eigenvalue weighted by molar-refractivity contribution is 6.30. The molecule has 9 nitrogen and oxygen atoms in total. The van der Waals surface area contributed by atoms with Crippen molar-refractivity contribution in [3.05, 3.63) is 40.7 Å². The molecular formula is C18H24ClN5O4. The summed E-state index contributed by atoms with van der Waals surface area (Å²) in [5.74, 6) is 0. The standard InChI is InChI=1S/C18H24ClN5O4/c1-11(2)20-17(25)27-9-15-16(10-28-18(26)21-12(3)4)24(23-22-15)14-7-5-13(19)6-8-14/h5-8,11-12H,9-10H2,1-4H3,(H,20,25)(H,21,26). The fourth-order valence-corrected chi connectivity index (χ4v) is 2.33. The molecule has 0 unspecified atom stereocenters. The predicted octanol–water partition coefficient (Wildman–Crippen LogP) is 3.19. The third-order valence-electron chi connectivity index (χ3n) is 3.41. The number of nitrogens with one attached hydrogen (secondary N) is 2. The number of rotatable bonds is 7. The zero-order valence-electron chi connectivity index (χ0n) is 16.2. The molecule has 28 heavy (non-hydrogen) atoms. The number of nitrogens with zero attached hydrogens (tertiary/aromatic N) is 3. The number of carbonyl (C=O) groups is 2. The van der Waals surface area contributed by atoms with Gasteiger partial charge in [-0.15, -0.1) is 5.10 Å². The van der Waals surface area contributed by atoms with Crippen molar-refractivity contribution in [2.24, 2.45) is 0 Å². The van der Waals surface area contributed by atoms with Crippen LogP contribution in [0.15, 0.2) is 24.3 Å². The van der Waals surface area contributed by atoms with Gasteiger partial charge in [-0.05, 0) is 52.0 Å². The molecule has 0 atom stereocenters. The van der Waals surface area contributed by atoms with Gasteiger partial charge in [0, 0.05) is 17.1 Å². The Morgan fingerprint density at radius 2 is 1.54 bits per heavy atom. The summed E-state index contributed by atoms with van der Waals surface area (Å²) < 4.78 is 12.0. The minimum absolute atomic E-state index is 0.0558. The van der Waals surface area contributed by atoms with Crippen molar-refractivity contribution in [2.75, 3.05) is 0 Å². The average molecular weight is 410 g/mol. The molecule has 0 aliphatic heterocycles. The largest absolute Gasteiger partial charge is 0.443 e. The second kappa shape index (κ2) is 9.93. The Morgan fingerprint density at radius 3 is 2.07 bits per heavy atom. The van der Waals surface area contributed by atoms with E-state index in [1.54, 1.807) is 24.3 Å². The van der Waals surface area contributed by atoms with Crippen LogP contribution in [0.5, 0.6) is 0 Å². The minimum atomic E-state index is -0.569. The zero-order valence-corrected chi connectivity index (χ0v) is 17.0. The molecule has 2 N–H and O–H groups in total. The summed E-state index contributed by atoms with van der Waals surface area (Å²) in [6.45, 7) is 7.09. The Labute approximate surface area is 168 Å². The molecule has 0 fully saturated rings. The third-order valence-corrected chi connectivity index (χ3v) is 3.66. The summed E-state index contributed by atoms with van der Waals surface area (Å²) >= 11 is 5.93. The maximum Gasteiger partial charge on any atom is 0.407 e.